The number of amides is 1. The number of non-ortho nitro benzene ring substituents is 1. The molecule has 0 saturated heterocycles. The number of nitro groups is 1. The highest BCUT2D eigenvalue weighted by Crippen LogP contribution is 2.29. The van der Waals surface area contributed by atoms with Gasteiger partial charge in [-0.3, -0.25) is 19.7 Å². The van der Waals surface area contributed by atoms with Gasteiger partial charge >= 0.3 is 0 Å². The molecule has 3 aromatic rings. The first-order chi connectivity index (χ1) is 15.8. The van der Waals surface area contributed by atoms with Crippen molar-refractivity contribution in [3.8, 4) is 0 Å². The van der Waals surface area contributed by atoms with Crippen LogP contribution in [-0.2, 0) is 4.79 Å². The van der Waals surface area contributed by atoms with Crippen molar-refractivity contribution in [3.63, 3.8) is 0 Å². The first-order valence-corrected chi connectivity index (χ1v) is 9.65. The van der Waals surface area contributed by atoms with E-state index in [2.05, 4.69) is 10.6 Å². The summed E-state index contributed by atoms with van der Waals surface area (Å²) in [4.78, 5) is 32.6. The zero-order valence-electron chi connectivity index (χ0n) is 17.8. The Kier molecular flexibility index (Phi) is 8.51. The third-order valence-corrected chi connectivity index (χ3v) is 4.43. The predicted molar refractivity (Wildman–Crippen MR) is 129 cm³/mol. The molecule has 0 saturated carbocycles. The monoisotopic (exact) mass is 448 g/mol. The largest absolute Gasteiger partial charge is 0.398 e. The molecule has 0 aliphatic heterocycles. The Bertz CT molecular complexity index is 1160. The first kappa shape index (κ1) is 24.4. The number of hydrogen-bond donors (Lipinski definition) is 5. The fourth-order valence-electron chi connectivity index (χ4n) is 2.67. The lowest BCUT2D eigenvalue weighted by Crippen LogP contribution is -2.24. The Balaban J connectivity index is 0.000000405. The number of nitrogens with one attached hydrogen (secondary N) is 2. The van der Waals surface area contributed by atoms with Crippen molar-refractivity contribution in [1.82, 2.24) is 0 Å². The van der Waals surface area contributed by atoms with Gasteiger partial charge in [-0.1, -0.05) is 18.2 Å². The Labute approximate surface area is 190 Å². The van der Waals surface area contributed by atoms with Crippen molar-refractivity contribution in [2.24, 2.45) is 11.5 Å². The van der Waals surface area contributed by atoms with E-state index in [0.29, 0.717) is 17.5 Å². The van der Waals surface area contributed by atoms with E-state index in [9.17, 15) is 19.7 Å². The van der Waals surface area contributed by atoms with Crippen LogP contribution in [0.3, 0.4) is 0 Å². The summed E-state index contributed by atoms with van der Waals surface area (Å²) in [6.45, 7) is 0. The van der Waals surface area contributed by atoms with Crippen LogP contribution in [0.5, 0.6) is 0 Å². The van der Waals surface area contributed by atoms with Crippen LogP contribution in [0.1, 0.15) is 15.9 Å². The zero-order chi connectivity index (χ0) is 24.4. The summed E-state index contributed by atoms with van der Waals surface area (Å²) in [6, 6.07) is 20.1. The van der Waals surface area contributed by atoms with Gasteiger partial charge in [-0.05, 0) is 42.5 Å². The summed E-state index contributed by atoms with van der Waals surface area (Å²) in [5.74, 6) is -0.919. The van der Waals surface area contributed by atoms with Gasteiger partial charge in [0.2, 0.25) is 0 Å². The minimum atomic E-state index is -0.919. The summed E-state index contributed by atoms with van der Waals surface area (Å²) in [5, 5.41) is 16.9. The summed E-state index contributed by atoms with van der Waals surface area (Å²) < 4.78 is 0. The summed E-state index contributed by atoms with van der Waals surface area (Å²) in [7, 11) is 1.91. The highest BCUT2D eigenvalue weighted by Gasteiger charge is 2.18. The minimum absolute atomic E-state index is 0.0348. The van der Waals surface area contributed by atoms with Crippen molar-refractivity contribution in [1.29, 1.82) is 0 Å². The van der Waals surface area contributed by atoms with Gasteiger partial charge < -0.3 is 27.8 Å². The van der Waals surface area contributed by atoms with E-state index in [-0.39, 0.29) is 28.3 Å². The number of nitrogen functional groups attached to an aromatic ring is 1. The molecule has 0 fully saturated rings. The SMILES string of the molecule is CNc1ccccc1.NC(=O)/C(N)=C(\Nc1ccc(C=O)cc1)c1cc([N+](=O)[O-])ccc1N. The number of primary amides is 1. The third kappa shape index (κ3) is 6.82. The van der Waals surface area contributed by atoms with Crippen LogP contribution in [0, 0.1) is 10.1 Å². The molecule has 0 unspecified atom stereocenters. The molecule has 0 atom stereocenters. The van der Waals surface area contributed by atoms with Gasteiger partial charge in [-0.25, -0.2) is 0 Å². The van der Waals surface area contributed by atoms with Gasteiger partial charge in [0.15, 0.2) is 0 Å². The lowest BCUT2D eigenvalue weighted by atomic mass is 10.1. The summed E-state index contributed by atoms with van der Waals surface area (Å²) in [5.41, 5.74) is 18.8. The maximum atomic E-state index is 11.5. The topological polar surface area (TPSA) is 179 Å². The number of anilines is 3. The molecule has 170 valence electrons. The molecule has 33 heavy (non-hydrogen) atoms. The van der Waals surface area contributed by atoms with Crippen molar-refractivity contribution in [2.45, 2.75) is 0 Å². The van der Waals surface area contributed by atoms with Crippen molar-refractivity contribution < 1.29 is 14.5 Å². The quantitative estimate of drug-likeness (QED) is 0.120. The van der Waals surface area contributed by atoms with Gasteiger partial charge in [0.1, 0.15) is 12.0 Å². The molecule has 0 heterocycles. The third-order valence-electron chi connectivity index (χ3n) is 4.43. The van der Waals surface area contributed by atoms with Gasteiger partial charge in [0, 0.05) is 47.4 Å². The molecule has 0 aliphatic rings. The van der Waals surface area contributed by atoms with Crippen molar-refractivity contribution in [3.05, 3.63) is 99.7 Å². The molecule has 1 amide bonds. The van der Waals surface area contributed by atoms with Crippen LogP contribution in [-0.4, -0.2) is 24.2 Å². The number of nitrogens with zero attached hydrogens (tertiary/aromatic N) is 1. The first-order valence-electron chi connectivity index (χ1n) is 9.65. The number of nitrogens with two attached hydrogens (primary N) is 3. The second-order valence-corrected chi connectivity index (χ2v) is 6.66. The molecule has 0 spiro atoms. The van der Waals surface area contributed by atoms with E-state index in [4.69, 9.17) is 17.2 Å². The maximum Gasteiger partial charge on any atom is 0.270 e. The molecule has 3 aromatic carbocycles. The molecule has 0 aromatic heterocycles. The van der Waals surface area contributed by atoms with Crippen LogP contribution in [0.4, 0.5) is 22.7 Å². The summed E-state index contributed by atoms with van der Waals surface area (Å²) in [6.07, 6.45) is 0.677. The van der Waals surface area contributed by atoms with E-state index < -0.39 is 10.8 Å². The molecular formula is C23H24N6O4. The minimum Gasteiger partial charge on any atom is -0.398 e. The molecule has 0 radical (unpaired) electrons. The lowest BCUT2D eigenvalue weighted by Gasteiger charge is -2.15. The van der Waals surface area contributed by atoms with Crippen LogP contribution < -0.4 is 27.8 Å². The highest BCUT2D eigenvalue weighted by atomic mass is 16.6. The molecule has 10 nitrogen and oxygen atoms in total. The average molecular weight is 448 g/mol. The Morgan fingerprint density at radius 2 is 1.61 bits per heavy atom. The number of aldehydes is 1. The van der Waals surface area contributed by atoms with Gasteiger partial charge in [-0.2, -0.15) is 0 Å². The van der Waals surface area contributed by atoms with Crippen molar-refractivity contribution >= 4 is 40.6 Å². The van der Waals surface area contributed by atoms with E-state index in [1.54, 1.807) is 24.3 Å². The smallest absolute Gasteiger partial charge is 0.270 e. The second-order valence-electron chi connectivity index (χ2n) is 6.66. The summed E-state index contributed by atoms with van der Waals surface area (Å²) >= 11 is 0. The Morgan fingerprint density at radius 1 is 0.970 bits per heavy atom. The number of para-hydroxylation sites is 1. The van der Waals surface area contributed by atoms with Crippen LogP contribution in [0.15, 0.2) is 78.5 Å². The normalized spacial score (nSPS) is 10.7. The molecule has 0 bridgehead atoms. The number of nitro benzene ring substituents is 1. The second kappa shape index (κ2) is 11.5. The maximum absolute atomic E-state index is 11.5. The fraction of sp³-hybridized carbons (Fsp3) is 0.0435. The zero-order valence-corrected chi connectivity index (χ0v) is 17.8. The van der Waals surface area contributed by atoms with E-state index in [1.165, 1.54) is 18.2 Å². The predicted octanol–water partition coefficient (Wildman–Crippen LogP) is 2.94. The molecule has 0 aliphatic carbocycles. The van der Waals surface area contributed by atoms with E-state index in [1.807, 2.05) is 37.4 Å². The molecular weight excluding hydrogens is 424 g/mol. The number of hydrogen-bond acceptors (Lipinski definition) is 8. The van der Waals surface area contributed by atoms with Crippen LogP contribution >= 0.6 is 0 Å². The van der Waals surface area contributed by atoms with Gasteiger partial charge in [-0.15, -0.1) is 0 Å². The standard InChI is InChI=1S/C16H15N5O4.C7H9N/c17-13-6-5-11(21(24)25)7-12(13)15(14(18)16(19)23)20-10-3-1-9(8-22)2-4-10;1-8-7-5-3-2-4-6-7/h1-8,20H,17-18H2,(H2,19,23);2-6,8H,1H3/b15-14+;. The van der Waals surface area contributed by atoms with E-state index in [0.717, 1.165) is 5.69 Å². The number of benzene rings is 3. The number of carbonyl (C=O) groups is 2. The molecule has 8 N–H and O–H groups in total. The Morgan fingerprint density at radius 3 is 2.09 bits per heavy atom. The fourth-order valence-corrected chi connectivity index (χ4v) is 2.67. The van der Waals surface area contributed by atoms with Crippen LogP contribution in [0.2, 0.25) is 0 Å². The lowest BCUT2D eigenvalue weighted by molar-refractivity contribution is -0.384. The molecule has 10 heteroatoms. The molecule has 3 rings (SSSR count). The number of rotatable bonds is 7. The van der Waals surface area contributed by atoms with Gasteiger partial charge in [0.25, 0.3) is 11.6 Å². The van der Waals surface area contributed by atoms with E-state index >= 15 is 0 Å². The Hall–Kier alpha value is -4.86. The highest BCUT2D eigenvalue weighted by molar-refractivity contribution is 6.03. The van der Waals surface area contributed by atoms with Crippen molar-refractivity contribution in [2.75, 3.05) is 23.4 Å². The number of carbonyl (C=O) groups excluding carboxylic acids is 2. The average Bonchev–Trinajstić information content (AvgIpc) is 2.83. The van der Waals surface area contributed by atoms with Gasteiger partial charge in [0.05, 0.1) is 10.6 Å². The van der Waals surface area contributed by atoms with Crippen LogP contribution in [0.25, 0.3) is 5.70 Å².